The number of para-hydroxylation sites is 2. The Kier molecular flexibility index (Phi) is 10.3. The first-order chi connectivity index (χ1) is 13.7. The number of halogens is 1. The van der Waals surface area contributed by atoms with E-state index in [0.29, 0.717) is 12.0 Å². The van der Waals surface area contributed by atoms with E-state index in [9.17, 15) is 0 Å². The monoisotopic (exact) mass is 515 g/mol. The molecular formula is C22H38IN5O. The molecule has 164 valence electrons. The Morgan fingerprint density at radius 2 is 1.97 bits per heavy atom. The molecule has 2 fully saturated rings. The van der Waals surface area contributed by atoms with Gasteiger partial charge in [0.2, 0.25) is 0 Å². The van der Waals surface area contributed by atoms with Crippen LogP contribution < -0.4 is 20.3 Å². The SMILES string of the molecule is CN=C(NCC(C)CN1CCCCC1)NC1CCN(c2ccccc2OC)C1.I. The number of guanidine groups is 1. The number of nitrogens with zero attached hydrogens (tertiary/aromatic N) is 3. The molecule has 2 saturated heterocycles. The van der Waals surface area contributed by atoms with Crippen LogP contribution in [0.2, 0.25) is 0 Å². The average molecular weight is 515 g/mol. The van der Waals surface area contributed by atoms with Gasteiger partial charge >= 0.3 is 0 Å². The largest absolute Gasteiger partial charge is 0.495 e. The van der Waals surface area contributed by atoms with Gasteiger partial charge in [-0.25, -0.2) is 0 Å². The van der Waals surface area contributed by atoms with Crippen molar-refractivity contribution in [2.45, 2.75) is 38.6 Å². The van der Waals surface area contributed by atoms with Crippen molar-refractivity contribution in [2.24, 2.45) is 10.9 Å². The van der Waals surface area contributed by atoms with Crippen LogP contribution in [0, 0.1) is 5.92 Å². The van der Waals surface area contributed by atoms with Gasteiger partial charge in [-0.15, -0.1) is 24.0 Å². The summed E-state index contributed by atoms with van der Waals surface area (Å²) in [6.07, 6.45) is 5.20. The van der Waals surface area contributed by atoms with Crippen molar-refractivity contribution in [3.63, 3.8) is 0 Å². The van der Waals surface area contributed by atoms with E-state index in [2.05, 4.69) is 44.5 Å². The fourth-order valence-corrected chi connectivity index (χ4v) is 4.29. The van der Waals surface area contributed by atoms with Crippen molar-refractivity contribution < 1.29 is 4.74 Å². The van der Waals surface area contributed by atoms with Gasteiger partial charge in [-0.05, 0) is 50.4 Å². The summed E-state index contributed by atoms with van der Waals surface area (Å²) in [5.74, 6) is 2.47. The predicted molar refractivity (Wildman–Crippen MR) is 133 cm³/mol. The molecule has 0 amide bonds. The average Bonchev–Trinajstić information content (AvgIpc) is 3.20. The molecule has 2 aliphatic rings. The molecule has 0 aromatic heterocycles. The van der Waals surface area contributed by atoms with Crippen LogP contribution in [0.1, 0.15) is 32.6 Å². The molecule has 0 aliphatic carbocycles. The van der Waals surface area contributed by atoms with Gasteiger partial charge in [-0.1, -0.05) is 25.5 Å². The summed E-state index contributed by atoms with van der Waals surface area (Å²) >= 11 is 0. The predicted octanol–water partition coefficient (Wildman–Crippen LogP) is 3.18. The molecule has 2 heterocycles. The summed E-state index contributed by atoms with van der Waals surface area (Å²) in [6, 6.07) is 8.65. The van der Waals surface area contributed by atoms with E-state index < -0.39 is 0 Å². The lowest BCUT2D eigenvalue weighted by Crippen LogP contribution is -2.46. The minimum Gasteiger partial charge on any atom is -0.495 e. The third-order valence-electron chi connectivity index (χ3n) is 5.82. The smallest absolute Gasteiger partial charge is 0.191 e. The minimum absolute atomic E-state index is 0. The van der Waals surface area contributed by atoms with Crippen LogP contribution in [0.3, 0.4) is 0 Å². The van der Waals surface area contributed by atoms with Crippen molar-refractivity contribution in [2.75, 3.05) is 58.3 Å². The number of benzene rings is 1. The first kappa shape index (κ1) is 24.1. The molecule has 7 heteroatoms. The molecule has 2 unspecified atom stereocenters. The Bertz CT molecular complexity index is 635. The highest BCUT2D eigenvalue weighted by Gasteiger charge is 2.25. The lowest BCUT2D eigenvalue weighted by atomic mass is 10.1. The minimum atomic E-state index is 0. The number of aliphatic imine (C=N–C) groups is 1. The van der Waals surface area contributed by atoms with Gasteiger partial charge in [0.15, 0.2) is 5.96 Å². The van der Waals surface area contributed by atoms with Crippen molar-refractivity contribution in [3.8, 4) is 5.75 Å². The fraction of sp³-hybridized carbons (Fsp3) is 0.682. The molecule has 1 aromatic carbocycles. The topological polar surface area (TPSA) is 52.1 Å². The second kappa shape index (κ2) is 12.5. The molecule has 3 rings (SSSR count). The third-order valence-corrected chi connectivity index (χ3v) is 5.82. The standard InChI is InChI=1S/C22H37N5O.HI/c1-18(16-26-12-7-4-8-13-26)15-24-22(23-2)25-19-11-14-27(17-19)20-9-5-6-10-21(20)28-3;/h5-6,9-10,18-19H,4,7-8,11-17H2,1-3H3,(H2,23,24,25);1H. The van der Waals surface area contributed by atoms with Crippen molar-refractivity contribution >= 4 is 35.6 Å². The van der Waals surface area contributed by atoms with Gasteiger partial charge in [0.05, 0.1) is 12.8 Å². The molecule has 0 bridgehead atoms. The van der Waals surface area contributed by atoms with E-state index in [1.807, 2.05) is 19.2 Å². The summed E-state index contributed by atoms with van der Waals surface area (Å²) in [4.78, 5) is 9.44. The Labute approximate surface area is 193 Å². The van der Waals surface area contributed by atoms with E-state index in [1.165, 1.54) is 44.6 Å². The van der Waals surface area contributed by atoms with E-state index in [-0.39, 0.29) is 24.0 Å². The highest BCUT2D eigenvalue weighted by Crippen LogP contribution is 2.30. The summed E-state index contributed by atoms with van der Waals surface area (Å²) < 4.78 is 5.52. The summed E-state index contributed by atoms with van der Waals surface area (Å²) in [7, 11) is 3.60. The first-order valence-electron chi connectivity index (χ1n) is 10.8. The van der Waals surface area contributed by atoms with E-state index in [4.69, 9.17) is 4.74 Å². The number of rotatable bonds is 7. The Morgan fingerprint density at radius 3 is 2.69 bits per heavy atom. The Balaban J connectivity index is 0.00000300. The molecule has 6 nitrogen and oxygen atoms in total. The third kappa shape index (κ3) is 7.20. The van der Waals surface area contributed by atoms with Crippen LogP contribution in [0.5, 0.6) is 5.75 Å². The van der Waals surface area contributed by atoms with Crippen LogP contribution in [0.15, 0.2) is 29.3 Å². The van der Waals surface area contributed by atoms with Gasteiger partial charge in [0.1, 0.15) is 5.75 Å². The summed E-state index contributed by atoms with van der Waals surface area (Å²) in [5.41, 5.74) is 1.17. The molecule has 1 aromatic rings. The van der Waals surface area contributed by atoms with Gasteiger partial charge in [0, 0.05) is 39.3 Å². The lowest BCUT2D eigenvalue weighted by Gasteiger charge is -2.29. The number of likely N-dealkylation sites (tertiary alicyclic amines) is 1. The van der Waals surface area contributed by atoms with Crippen LogP contribution in [0.4, 0.5) is 5.69 Å². The zero-order valence-corrected chi connectivity index (χ0v) is 20.5. The molecule has 29 heavy (non-hydrogen) atoms. The normalized spacial score (nSPS) is 21.4. The second-order valence-electron chi connectivity index (χ2n) is 8.17. The van der Waals surface area contributed by atoms with E-state index >= 15 is 0 Å². The van der Waals surface area contributed by atoms with Crippen LogP contribution >= 0.6 is 24.0 Å². The molecule has 0 saturated carbocycles. The number of anilines is 1. The molecule has 2 aliphatic heterocycles. The maximum atomic E-state index is 5.52. The first-order valence-corrected chi connectivity index (χ1v) is 10.8. The highest BCUT2D eigenvalue weighted by molar-refractivity contribution is 14.0. The maximum absolute atomic E-state index is 5.52. The number of hydrogen-bond donors (Lipinski definition) is 2. The summed E-state index contributed by atoms with van der Waals surface area (Å²) in [6.45, 7) is 8.98. The van der Waals surface area contributed by atoms with Crippen LogP contribution in [-0.4, -0.2) is 70.3 Å². The van der Waals surface area contributed by atoms with Gasteiger partial charge in [-0.2, -0.15) is 0 Å². The number of piperidine rings is 1. The van der Waals surface area contributed by atoms with E-state index in [1.54, 1.807) is 7.11 Å². The van der Waals surface area contributed by atoms with Crippen molar-refractivity contribution in [3.05, 3.63) is 24.3 Å². The van der Waals surface area contributed by atoms with Crippen LogP contribution in [-0.2, 0) is 0 Å². The fourth-order valence-electron chi connectivity index (χ4n) is 4.29. The van der Waals surface area contributed by atoms with Gasteiger partial charge in [-0.3, -0.25) is 4.99 Å². The molecule has 0 spiro atoms. The molecular weight excluding hydrogens is 477 g/mol. The number of hydrogen-bond acceptors (Lipinski definition) is 4. The zero-order chi connectivity index (χ0) is 19.8. The second-order valence-corrected chi connectivity index (χ2v) is 8.17. The highest BCUT2D eigenvalue weighted by atomic mass is 127. The van der Waals surface area contributed by atoms with Crippen LogP contribution in [0.25, 0.3) is 0 Å². The lowest BCUT2D eigenvalue weighted by molar-refractivity contribution is 0.201. The Morgan fingerprint density at radius 1 is 1.21 bits per heavy atom. The van der Waals surface area contributed by atoms with Gasteiger partial charge < -0.3 is 25.2 Å². The van der Waals surface area contributed by atoms with Crippen molar-refractivity contribution in [1.82, 2.24) is 15.5 Å². The van der Waals surface area contributed by atoms with E-state index in [0.717, 1.165) is 37.8 Å². The molecule has 2 N–H and O–H groups in total. The molecule has 2 atom stereocenters. The quantitative estimate of drug-likeness (QED) is 0.332. The Hall–Kier alpha value is -1.22. The summed E-state index contributed by atoms with van der Waals surface area (Å²) in [5, 5.41) is 7.14. The number of nitrogens with one attached hydrogen (secondary N) is 2. The van der Waals surface area contributed by atoms with Crippen molar-refractivity contribution in [1.29, 1.82) is 0 Å². The zero-order valence-electron chi connectivity index (χ0n) is 18.2. The maximum Gasteiger partial charge on any atom is 0.191 e. The number of methoxy groups -OCH3 is 1. The molecule has 0 radical (unpaired) electrons. The number of ether oxygens (including phenoxy) is 1. The van der Waals surface area contributed by atoms with Gasteiger partial charge in [0.25, 0.3) is 0 Å².